The number of pyridine rings is 1. The quantitative estimate of drug-likeness (QED) is 0.581. The molecule has 0 bridgehead atoms. The summed E-state index contributed by atoms with van der Waals surface area (Å²) in [6, 6.07) is 9.42. The van der Waals surface area contributed by atoms with Crippen LogP contribution in [0.1, 0.15) is 53.6 Å². The molecule has 190 valence electrons. The number of benzene rings is 1. The lowest BCUT2D eigenvalue weighted by atomic mass is 9.58. The van der Waals surface area contributed by atoms with Crippen LogP contribution in [0.15, 0.2) is 48.3 Å². The van der Waals surface area contributed by atoms with Gasteiger partial charge < -0.3 is 10.2 Å². The Labute approximate surface area is 216 Å². The van der Waals surface area contributed by atoms with Gasteiger partial charge in [0.1, 0.15) is 0 Å². The third kappa shape index (κ3) is 4.77. The zero-order chi connectivity index (χ0) is 25.4. The summed E-state index contributed by atoms with van der Waals surface area (Å²) >= 11 is 0. The monoisotopic (exact) mass is 497 g/mol. The molecule has 2 aliphatic carbocycles. The first-order chi connectivity index (χ1) is 18.0. The van der Waals surface area contributed by atoms with Gasteiger partial charge in [-0.3, -0.25) is 14.6 Å². The van der Waals surface area contributed by atoms with Gasteiger partial charge in [0, 0.05) is 55.1 Å². The smallest absolute Gasteiger partial charge is 0.253 e. The molecule has 1 aromatic carbocycles. The highest BCUT2D eigenvalue weighted by atomic mass is 16.2. The number of carbonyl (C=O) groups excluding carboxylic acids is 2. The average Bonchev–Trinajstić information content (AvgIpc) is 3.46. The Morgan fingerprint density at radius 3 is 2.70 bits per heavy atom. The number of carbonyl (C=O) groups is 2. The van der Waals surface area contributed by atoms with E-state index in [1.165, 1.54) is 4.80 Å². The summed E-state index contributed by atoms with van der Waals surface area (Å²) in [4.78, 5) is 33.4. The molecular formula is C28H31N7O2. The molecule has 2 fully saturated rings. The number of hydrogen-bond donors (Lipinski definition) is 1. The fourth-order valence-corrected chi connectivity index (χ4v) is 6.19. The molecule has 0 unspecified atom stereocenters. The highest BCUT2D eigenvalue weighted by Crippen LogP contribution is 2.52. The maximum atomic E-state index is 13.2. The molecule has 1 aliphatic heterocycles. The van der Waals surface area contributed by atoms with E-state index in [1.807, 2.05) is 47.5 Å². The molecule has 0 radical (unpaired) electrons. The van der Waals surface area contributed by atoms with Crippen LogP contribution < -0.4 is 5.32 Å². The van der Waals surface area contributed by atoms with Crippen molar-refractivity contribution in [3.8, 4) is 11.4 Å². The van der Waals surface area contributed by atoms with Gasteiger partial charge in [0.05, 0.1) is 7.05 Å². The number of fused-ring (bicyclic) bond motifs is 1. The molecule has 2 amide bonds. The molecule has 3 heterocycles. The van der Waals surface area contributed by atoms with Crippen LogP contribution in [0.5, 0.6) is 0 Å². The van der Waals surface area contributed by atoms with Crippen molar-refractivity contribution in [2.24, 2.45) is 18.4 Å². The Bertz CT molecular complexity index is 1350. The standard InChI is InChI=1S/C28H31N7O2/c1-34-32-25(31-33-34)20-3-5-21(6-4-20)27(37)35-11-2-8-28(9-12-35)15-19(16-28)17-30-26(36)23-13-22-7-10-29-18-24(22)14-23/h3-7,10,13,18-19H,2,8-9,11-12,14-17H2,1H3,(H,30,36). The first kappa shape index (κ1) is 23.5. The van der Waals surface area contributed by atoms with Crippen LogP contribution in [0.25, 0.3) is 17.5 Å². The fourth-order valence-electron chi connectivity index (χ4n) is 6.19. The molecule has 3 aromatic rings. The Hall–Kier alpha value is -3.88. The molecule has 2 aromatic heterocycles. The number of aryl methyl sites for hydroxylation is 1. The average molecular weight is 498 g/mol. The summed E-state index contributed by atoms with van der Waals surface area (Å²) < 4.78 is 0. The minimum Gasteiger partial charge on any atom is -0.352 e. The lowest BCUT2D eigenvalue weighted by molar-refractivity contribution is -0.118. The normalized spacial score (nSPS) is 22.7. The lowest BCUT2D eigenvalue weighted by Crippen LogP contribution is -2.44. The van der Waals surface area contributed by atoms with E-state index in [4.69, 9.17) is 0 Å². The van der Waals surface area contributed by atoms with Gasteiger partial charge in [0.2, 0.25) is 11.7 Å². The second kappa shape index (κ2) is 9.53. The topological polar surface area (TPSA) is 106 Å². The summed E-state index contributed by atoms with van der Waals surface area (Å²) in [5.41, 5.74) is 4.88. The third-order valence-corrected chi connectivity index (χ3v) is 8.17. The molecule has 37 heavy (non-hydrogen) atoms. The number of rotatable bonds is 5. The van der Waals surface area contributed by atoms with Gasteiger partial charge in [0.15, 0.2) is 0 Å². The van der Waals surface area contributed by atoms with Gasteiger partial charge in [-0.15, -0.1) is 10.2 Å². The van der Waals surface area contributed by atoms with E-state index in [-0.39, 0.29) is 11.8 Å². The largest absolute Gasteiger partial charge is 0.352 e. The lowest BCUT2D eigenvalue weighted by Gasteiger charge is -2.48. The van der Waals surface area contributed by atoms with Crippen LogP contribution in [-0.2, 0) is 18.3 Å². The number of nitrogens with one attached hydrogen (secondary N) is 1. The SMILES string of the molecule is Cn1nnc(-c2ccc(C(=O)N3CCCC4(CC3)CC(CNC(=O)C3=Cc5ccncc5C3)C4)cc2)n1. The molecule has 9 nitrogen and oxygen atoms in total. The predicted molar refractivity (Wildman–Crippen MR) is 138 cm³/mol. The molecule has 1 spiro atoms. The van der Waals surface area contributed by atoms with Gasteiger partial charge in [0.25, 0.3) is 5.91 Å². The minimum absolute atomic E-state index is 0.0379. The number of tetrazole rings is 1. The summed E-state index contributed by atoms with van der Waals surface area (Å²) in [6.07, 6.45) is 11.7. The van der Waals surface area contributed by atoms with Crippen molar-refractivity contribution < 1.29 is 9.59 Å². The van der Waals surface area contributed by atoms with Crippen molar-refractivity contribution in [1.29, 1.82) is 0 Å². The molecule has 1 saturated carbocycles. The van der Waals surface area contributed by atoms with Crippen LogP contribution in [0.2, 0.25) is 0 Å². The minimum atomic E-state index is 0.0379. The Kier molecular flexibility index (Phi) is 6.06. The van der Waals surface area contributed by atoms with Crippen molar-refractivity contribution in [2.75, 3.05) is 19.6 Å². The maximum Gasteiger partial charge on any atom is 0.253 e. The number of hydrogen-bond acceptors (Lipinski definition) is 6. The number of likely N-dealkylation sites (tertiary alicyclic amines) is 1. The Morgan fingerprint density at radius 2 is 1.95 bits per heavy atom. The maximum absolute atomic E-state index is 13.2. The van der Waals surface area contributed by atoms with Crippen LogP contribution in [0, 0.1) is 11.3 Å². The van der Waals surface area contributed by atoms with Gasteiger partial charge in [-0.2, -0.15) is 4.80 Å². The third-order valence-electron chi connectivity index (χ3n) is 8.17. The predicted octanol–water partition coefficient (Wildman–Crippen LogP) is 3.05. The molecule has 6 rings (SSSR count). The Balaban J connectivity index is 0.983. The van der Waals surface area contributed by atoms with Crippen molar-refractivity contribution in [3.63, 3.8) is 0 Å². The summed E-state index contributed by atoms with van der Waals surface area (Å²) in [6.45, 7) is 2.30. The van der Waals surface area contributed by atoms with Crippen molar-refractivity contribution in [1.82, 2.24) is 35.4 Å². The van der Waals surface area contributed by atoms with Crippen LogP contribution in [0.3, 0.4) is 0 Å². The van der Waals surface area contributed by atoms with Gasteiger partial charge in [-0.25, -0.2) is 0 Å². The fraction of sp³-hybridized carbons (Fsp3) is 0.429. The second-order valence-electron chi connectivity index (χ2n) is 10.7. The number of amides is 2. The zero-order valence-corrected chi connectivity index (χ0v) is 21.1. The van der Waals surface area contributed by atoms with Crippen molar-refractivity contribution in [3.05, 3.63) is 65.0 Å². The Morgan fingerprint density at radius 1 is 1.11 bits per heavy atom. The zero-order valence-electron chi connectivity index (χ0n) is 21.1. The van der Waals surface area contributed by atoms with E-state index in [0.717, 1.165) is 74.0 Å². The number of aromatic nitrogens is 5. The molecule has 9 heteroatoms. The highest BCUT2D eigenvalue weighted by Gasteiger charge is 2.44. The van der Waals surface area contributed by atoms with Crippen LogP contribution in [0.4, 0.5) is 0 Å². The van der Waals surface area contributed by atoms with Gasteiger partial charge in [-0.05, 0) is 84.1 Å². The van der Waals surface area contributed by atoms with Crippen molar-refractivity contribution in [2.45, 2.75) is 38.5 Å². The van der Waals surface area contributed by atoms with E-state index in [2.05, 4.69) is 25.7 Å². The summed E-state index contributed by atoms with van der Waals surface area (Å²) in [5, 5.41) is 15.3. The van der Waals surface area contributed by atoms with Crippen molar-refractivity contribution >= 4 is 17.9 Å². The van der Waals surface area contributed by atoms with Gasteiger partial charge >= 0.3 is 0 Å². The van der Waals surface area contributed by atoms with E-state index < -0.39 is 0 Å². The highest BCUT2D eigenvalue weighted by molar-refractivity contribution is 6.00. The first-order valence-electron chi connectivity index (χ1n) is 13.0. The van der Waals surface area contributed by atoms with E-state index >= 15 is 0 Å². The van der Waals surface area contributed by atoms with E-state index in [1.54, 1.807) is 13.2 Å². The first-order valence-corrected chi connectivity index (χ1v) is 13.0. The second-order valence-corrected chi connectivity index (χ2v) is 10.7. The summed E-state index contributed by atoms with van der Waals surface area (Å²) in [7, 11) is 1.73. The van der Waals surface area contributed by atoms with Gasteiger partial charge in [-0.1, -0.05) is 12.1 Å². The summed E-state index contributed by atoms with van der Waals surface area (Å²) in [5.74, 6) is 1.19. The molecule has 1 N–H and O–H groups in total. The molecule has 3 aliphatic rings. The van der Waals surface area contributed by atoms with E-state index in [0.29, 0.717) is 29.1 Å². The van der Waals surface area contributed by atoms with Crippen LogP contribution in [-0.4, -0.2) is 61.5 Å². The number of nitrogens with zero attached hydrogens (tertiary/aromatic N) is 6. The van der Waals surface area contributed by atoms with Crippen LogP contribution >= 0.6 is 0 Å². The molecule has 0 atom stereocenters. The molecular weight excluding hydrogens is 466 g/mol. The van der Waals surface area contributed by atoms with E-state index in [9.17, 15) is 9.59 Å². The molecule has 1 saturated heterocycles.